The molecule has 0 fully saturated rings. The fourth-order valence-electron chi connectivity index (χ4n) is 0.384. The van der Waals surface area contributed by atoms with Crippen molar-refractivity contribution in [2.24, 2.45) is 5.73 Å². The second-order valence-electron chi connectivity index (χ2n) is 1.96. The van der Waals surface area contributed by atoms with Gasteiger partial charge in [0.1, 0.15) is 6.04 Å². The summed E-state index contributed by atoms with van der Waals surface area (Å²) < 4.78 is 4.73. The van der Waals surface area contributed by atoms with E-state index in [0.29, 0.717) is 12.4 Å². The molecule has 0 aliphatic rings. The number of hydrogen-bond acceptors (Lipinski definition) is 4. The zero-order valence-electron chi connectivity index (χ0n) is 6.04. The highest BCUT2D eigenvalue weighted by Crippen LogP contribution is 1.89. The molecule has 2 N–H and O–H groups in total. The summed E-state index contributed by atoms with van der Waals surface area (Å²) in [6.07, 6.45) is 0.824. The van der Waals surface area contributed by atoms with Crippen molar-refractivity contribution in [3.05, 3.63) is 0 Å². The maximum atomic E-state index is 10.7. The van der Waals surface area contributed by atoms with Gasteiger partial charge in [0.05, 0.1) is 6.61 Å². The first kappa shape index (κ1) is 9.78. The minimum atomic E-state index is -0.574. The van der Waals surface area contributed by atoms with E-state index >= 15 is 0 Å². The van der Waals surface area contributed by atoms with E-state index in [2.05, 4.69) is 12.6 Å². The molecule has 3 nitrogen and oxygen atoms in total. The maximum Gasteiger partial charge on any atom is 0.323 e. The summed E-state index contributed by atoms with van der Waals surface area (Å²) in [4.78, 5) is 10.7. The van der Waals surface area contributed by atoms with Crippen LogP contribution in [0.5, 0.6) is 0 Å². The van der Waals surface area contributed by atoms with E-state index in [1.54, 1.807) is 0 Å². The Labute approximate surface area is 66.3 Å². The third-order valence-electron chi connectivity index (χ3n) is 0.948. The predicted molar refractivity (Wildman–Crippen MR) is 43.1 cm³/mol. The number of hydrogen-bond donors (Lipinski definition) is 2. The van der Waals surface area contributed by atoms with Crippen LogP contribution >= 0.6 is 12.6 Å². The Morgan fingerprint density at radius 3 is 2.80 bits per heavy atom. The summed E-state index contributed by atoms with van der Waals surface area (Å²) in [5.41, 5.74) is 5.31. The Kier molecular flexibility index (Phi) is 5.43. The molecule has 0 radical (unpaired) electrons. The van der Waals surface area contributed by atoms with E-state index in [1.807, 2.05) is 6.92 Å². The summed E-state index contributed by atoms with van der Waals surface area (Å²) in [7, 11) is 0. The molecular formula is C6H13NO2S. The normalized spacial score (nSPS) is 12.7. The van der Waals surface area contributed by atoms with E-state index in [4.69, 9.17) is 10.5 Å². The van der Waals surface area contributed by atoms with Gasteiger partial charge in [-0.2, -0.15) is 12.6 Å². The van der Waals surface area contributed by atoms with Gasteiger partial charge in [0, 0.05) is 5.75 Å². The Morgan fingerprint density at radius 2 is 2.40 bits per heavy atom. The van der Waals surface area contributed by atoms with Crippen LogP contribution in [0, 0.1) is 0 Å². The Hall–Kier alpha value is -0.220. The first-order valence-corrected chi connectivity index (χ1v) is 3.88. The molecule has 0 saturated carbocycles. The highest BCUT2D eigenvalue weighted by atomic mass is 32.1. The average molecular weight is 163 g/mol. The Bertz CT molecular complexity index is 108. The van der Waals surface area contributed by atoms with Gasteiger partial charge in [-0.15, -0.1) is 0 Å². The van der Waals surface area contributed by atoms with Gasteiger partial charge in [-0.1, -0.05) is 6.92 Å². The van der Waals surface area contributed by atoms with Crippen molar-refractivity contribution in [2.45, 2.75) is 19.4 Å². The van der Waals surface area contributed by atoms with E-state index < -0.39 is 6.04 Å². The van der Waals surface area contributed by atoms with Crippen LogP contribution in [-0.2, 0) is 9.53 Å². The van der Waals surface area contributed by atoms with E-state index in [9.17, 15) is 4.79 Å². The molecule has 0 saturated heterocycles. The van der Waals surface area contributed by atoms with Crippen LogP contribution in [0.3, 0.4) is 0 Å². The lowest BCUT2D eigenvalue weighted by molar-refractivity contribution is -0.144. The smallest absolute Gasteiger partial charge is 0.323 e. The number of carbonyl (C=O) groups is 1. The standard InChI is InChI=1S/C6H13NO2S/c1-2-3-9-6(8)5(7)4-10/h5,10H,2-4,7H2,1H3. The molecule has 0 heterocycles. The lowest BCUT2D eigenvalue weighted by Gasteiger charge is -2.06. The lowest BCUT2D eigenvalue weighted by atomic mass is 10.4. The molecule has 0 aromatic carbocycles. The molecule has 4 heteroatoms. The number of carbonyl (C=O) groups excluding carboxylic acids is 1. The van der Waals surface area contributed by atoms with Gasteiger partial charge < -0.3 is 10.5 Å². The summed E-state index contributed by atoms with van der Waals surface area (Å²) in [5, 5.41) is 0. The molecular weight excluding hydrogens is 150 g/mol. The van der Waals surface area contributed by atoms with Gasteiger partial charge in [0.25, 0.3) is 0 Å². The van der Waals surface area contributed by atoms with Crippen LogP contribution in [0.1, 0.15) is 13.3 Å². The van der Waals surface area contributed by atoms with Crippen molar-refractivity contribution in [3.63, 3.8) is 0 Å². The highest BCUT2D eigenvalue weighted by molar-refractivity contribution is 7.80. The summed E-state index contributed by atoms with van der Waals surface area (Å²) in [6, 6.07) is -0.574. The topological polar surface area (TPSA) is 52.3 Å². The van der Waals surface area contributed by atoms with Gasteiger partial charge in [-0.05, 0) is 6.42 Å². The van der Waals surface area contributed by atoms with Crippen molar-refractivity contribution in [3.8, 4) is 0 Å². The minimum absolute atomic E-state index is 0.336. The van der Waals surface area contributed by atoms with Crippen molar-refractivity contribution < 1.29 is 9.53 Å². The first-order chi connectivity index (χ1) is 4.72. The molecule has 1 atom stereocenters. The molecule has 0 rings (SSSR count). The quantitative estimate of drug-likeness (QED) is 0.460. The highest BCUT2D eigenvalue weighted by Gasteiger charge is 2.11. The van der Waals surface area contributed by atoms with Crippen molar-refractivity contribution in [1.29, 1.82) is 0 Å². The van der Waals surface area contributed by atoms with E-state index in [-0.39, 0.29) is 5.97 Å². The molecule has 60 valence electrons. The van der Waals surface area contributed by atoms with Crippen molar-refractivity contribution in [1.82, 2.24) is 0 Å². The molecule has 0 bridgehead atoms. The van der Waals surface area contributed by atoms with Crippen LogP contribution in [0.4, 0.5) is 0 Å². The average Bonchev–Trinajstić information content (AvgIpc) is 1.98. The molecule has 0 amide bonds. The third kappa shape index (κ3) is 3.74. The largest absolute Gasteiger partial charge is 0.465 e. The van der Waals surface area contributed by atoms with Crippen LogP contribution in [-0.4, -0.2) is 24.4 Å². The number of nitrogens with two attached hydrogens (primary N) is 1. The Morgan fingerprint density at radius 1 is 1.80 bits per heavy atom. The fraction of sp³-hybridized carbons (Fsp3) is 0.833. The first-order valence-electron chi connectivity index (χ1n) is 3.25. The summed E-state index contributed by atoms with van der Waals surface area (Å²) >= 11 is 3.85. The van der Waals surface area contributed by atoms with Gasteiger partial charge in [-0.25, -0.2) is 0 Å². The van der Waals surface area contributed by atoms with Gasteiger partial charge >= 0.3 is 5.97 Å². The molecule has 1 unspecified atom stereocenters. The van der Waals surface area contributed by atoms with Gasteiger partial charge in [0.2, 0.25) is 0 Å². The van der Waals surface area contributed by atoms with Crippen LogP contribution < -0.4 is 5.73 Å². The number of esters is 1. The zero-order valence-corrected chi connectivity index (χ0v) is 6.93. The van der Waals surface area contributed by atoms with Gasteiger partial charge in [-0.3, -0.25) is 4.79 Å². The van der Waals surface area contributed by atoms with E-state index in [1.165, 1.54) is 0 Å². The van der Waals surface area contributed by atoms with E-state index in [0.717, 1.165) is 6.42 Å². The molecule has 0 aromatic rings. The fourth-order valence-corrected chi connectivity index (χ4v) is 0.533. The van der Waals surface area contributed by atoms with Crippen LogP contribution in [0.2, 0.25) is 0 Å². The van der Waals surface area contributed by atoms with Crippen LogP contribution in [0.15, 0.2) is 0 Å². The second kappa shape index (κ2) is 5.56. The minimum Gasteiger partial charge on any atom is -0.465 e. The monoisotopic (exact) mass is 163 g/mol. The zero-order chi connectivity index (χ0) is 7.98. The molecule has 0 spiro atoms. The summed E-state index contributed by atoms with van der Waals surface area (Å²) in [6.45, 7) is 2.37. The number of thiol groups is 1. The second-order valence-corrected chi connectivity index (χ2v) is 2.32. The number of rotatable bonds is 4. The molecule has 0 aromatic heterocycles. The predicted octanol–water partition coefficient (Wildman–Crippen LogP) is 0.197. The maximum absolute atomic E-state index is 10.7. The number of ether oxygens (including phenoxy) is 1. The van der Waals surface area contributed by atoms with Crippen molar-refractivity contribution >= 4 is 18.6 Å². The summed E-state index contributed by atoms with van der Waals surface area (Å²) in [5.74, 6) is -0.0282. The Balaban J connectivity index is 3.42. The van der Waals surface area contributed by atoms with Crippen molar-refractivity contribution in [2.75, 3.05) is 12.4 Å². The van der Waals surface area contributed by atoms with Gasteiger partial charge in [0.15, 0.2) is 0 Å². The molecule has 0 aliphatic heterocycles. The SMILES string of the molecule is CCCOC(=O)C(N)CS. The van der Waals surface area contributed by atoms with Crippen LogP contribution in [0.25, 0.3) is 0 Å². The molecule has 10 heavy (non-hydrogen) atoms. The third-order valence-corrected chi connectivity index (χ3v) is 1.34. The lowest BCUT2D eigenvalue weighted by Crippen LogP contribution is -2.33. The molecule has 0 aliphatic carbocycles.